The van der Waals surface area contributed by atoms with E-state index >= 15 is 0 Å². The normalized spacial score (nSPS) is 23.5. The fourth-order valence-electron chi connectivity index (χ4n) is 2.71. The smallest absolute Gasteiger partial charge is 0.333 e. The second-order valence-electron chi connectivity index (χ2n) is 7.96. The van der Waals surface area contributed by atoms with Crippen LogP contribution in [0.2, 0.25) is 18.1 Å². The van der Waals surface area contributed by atoms with E-state index in [1.54, 1.807) is 0 Å². The highest BCUT2D eigenvalue weighted by molar-refractivity contribution is 6.74. The van der Waals surface area contributed by atoms with Crippen molar-refractivity contribution in [3.63, 3.8) is 0 Å². The summed E-state index contributed by atoms with van der Waals surface area (Å²) in [6, 6.07) is 0. The summed E-state index contributed by atoms with van der Waals surface area (Å²) in [5.74, 6) is -0.209. The minimum Gasteiger partial charge on any atom is -0.466 e. The zero-order chi connectivity index (χ0) is 17.0. The predicted octanol–water partition coefficient (Wildman–Crippen LogP) is 5.22. The van der Waals surface area contributed by atoms with Crippen LogP contribution in [-0.2, 0) is 14.0 Å². The fourth-order valence-corrected chi connectivity index (χ4v) is 4.03. The van der Waals surface area contributed by atoms with E-state index in [1.165, 1.54) is 31.9 Å². The lowest BCUT2D eigenvalue weighted by Gasteiger charge is -2.40. The fraction of sp³-hybridized carbons (Fsp3) is 0.833. The van der Waals surface area contributed by atoms with E-state index < -0.39 is 8.32 Å². The van der Waals surface area contributed by atoms with Gasteiger partial charge in [-0.1, -0.05) is 40.0 Å². The van der Waals surface area contributed by atoms with Crippen LogP contribution in [0.5, 0.6) is 0 Å². The molecular formula is C18H34O3Si. The molecule has 0 N–H and O–H groups in total. The molecule has 1 aliphatic rings. The van der Waals surface area contributed by atoms with Gasteiger partial charge in [-0.15, -0.1) is 0 Å². The van der Waals surface area contributed by atoms with Gasteiger partial charge in [-0.3, -0.25) is 0 Å². The van der Waals surface area contributed by atoms with E-state index in [0.29, 0.717) is 0 Å². The third-order valence-electron chi connectivity index (χ3n) is 5.27. The molecule has 128 valence electrons. The Kier molecular flexibility index (Phi) is 6.87. The van der Waals surface area contributed by atoms with Crippen LogP contribution >= 0.6 is 0 Å². The van der Waals surface area contributed by atoms with Crippen LogP contribution in [-0.4, -0.2) is 27.5 Å². The van der Waals surface area contributed by atoms with Gasteiger partial charge in [-0.2, -0.15) is 0 Å². The topological polar surface area (TPSA) is 35.5 Å². The van der Waals surface area contributed by atoms with Crippen molar-refractivity contribution in [1.29, 1.82) is 0 Å². The standard InChI is InChI=1S/C18H34O3Si/c1-14(17(19)20-5)15-12-10-8-9-11-13-16(15)21-22(6,7)18(2,3)4/h16H,8-13H2,1-7H3/b15-14-. The van der Waals surface area contributed by atoms with Gasteiger partial charge < -0.3 is 9.16 Å². The minimum atomic E-state index is -1.85. The van der Waals surface area contributed by atoms with Crippen molar-refractivity contribution >= 4 is 14.3 Å². The maximum absolute atomic E-state index is 12.0. The molecule has 3 nitrogen and oxygen atoms in total. The van der Waals surface area contributed by atoms with Crippen LogP contribution in [0.15, 0.2) is 11.1 Å². The highest BCUT2D eigenvalue weighted by Gasteiger charge is 2.40. The highest BCUT2D eigenvalue weighted by Crippen LogP contribution is 2.40. The second kappa shape index (κ2) is 7.78. The molecule has 0 aliphatic heterocycles. The molecule has 1 saturated carbocycles. The molecule has 1 fully saturated rings. The monoisotopic (exact) mass is 326 g/mol. The molecule has 0 radical (unpaired) electrons. The summed E-state index contributed by atoms with van der Waals surface area (Å²) < 4.78 is 11.6. The molecule has 0 aromatic carbocycles. The van der Waals surface area contributed by atoms with Crippen LogP contribution in [0.25, 0.3) is 0 Å². The average Bonchev–Trinajstić information content (AvgIpc) is 2.39. The number of rotatable bonds is 3. The first kappa shape index (κ1) is 19.4. The van der Waals surface area contributed by atoms with Crippen molar-refractivity contribution in [3.8, 4) is 0 Å². The first-order valence-electron chi connectivity index (χ1n) is 8.56. The maximum atomic E-state index is 12.0. The summed E-state index contributed by atoms with van der Waals surface area (Å²) in [6.07, 6.45) is 6.89. The molecule has 0 aromatic rings. The van der Waals surface area contributed by atoms with Gasteiger partial charge in [0.1, 0.15) is 0 Å². The summed E-state index contributed by atoms with van der Waals surface area (Å²) in [5.41, 5.74) is 1.93. The Labute approximate surface area is 137 Å². The van der Waals surface area contributed by atoms with Gasteiger partial charge in [0.25, 0.3) is 0 Å². The summed E-state index contributed by atoms with van der Waals surface area (Å²) in [5, 5.41) is 0.180. The number of hydrogen-bond donors (Lipinski definition) is 0. The van der Waals surface area contributed by atoms with Gasteiger partial charge >= 0.3 is 5.97 Å². The van der Waals surface area contributed by atoms with Crippen LogP contribution in [0.3, 0.4) is 0 Å². The predicted molar refractivity (Wildman–Crippen MR) is 94.5 cm³/mol. The highest BCUT2D eigenvalue weighted by atomic mass is 28.4. The first-order chi connectivity index (χ1) is 10.1. The molecule has 1 rings (SSSR count). The molecule has 0 aromatic heterocycles. The van der Waals surface area contributed by atoms with Crippen molar-refractivity contribution in [2.75, 3.05) is 7.11 Å². The lowest BCUT2D eigenvalue weighted by molar-refractivity contribution is -0.136. The number of hydrogen-bond acceptors (Lipinski definition) is 3. The summed E-state index contributed by atoms with van der Waals surface area (Å²) in [6.45, 7) is 13.3. The SMILES string of the molecule is COC(=O)/C(C)=C1/CCCCCCC1O[Si](C)(C)C(C)(C)C. The van der Waals surface area contributed by atoms with Gasteiger partial charge in [0.05, 0.1) is 13.2 Å². The molecule has 0 amide bonds. The molecule has 0 spiro atoms. The largest absolute Gasteiger partial charge is 0.466 e. The van der Waals surface area contributed by atoms with Crippen molar-refractivity contribution in [2.24, 2.45) is 0 Å². The molecule has 1 atom stereocenters. The van der Waals surface area contributed by atoms with Crippen molar-refractivity contribution in [3.05, 3.63) is 11.1 Å². The van der Waals surface area contributed by atoms with E-state index in [0.717, 1.165) is 24.8 Å². The van der Waals surface area contributed by atoms with Crippen molar-refractivity contribution < 1.29 is 14.0 Å². The number of esters is 1. The molecule has 4 heteroatoms. The molecule has 0 saturated heterocycles. The Hall–Kier alpha value is -0.613. The van der Waals surface area contributed by atoms with Crippen LogP contribution in [0.1, 0.15) is 66.2 Å². The van der Waals surface area contributed by atoms with Crippen LogP contribution in [0.4, 0.5) is 0 Å². The molecule has 1 aliphatic carbocycles. The Morgan fingerprint density at radius 3 is 2.27 bits per heavy atom. The molecule has 0 heterocycles. The lowest BCUT2D eigenvalue weighted by atomic mass is 9.91. The van der Waals surface area contributed by atoms with Gasteiger partial charge in [0, 0.05) is 5.57 Å². The third kappa shape index (κ3) is 4.95. The Morgan fingerprint density at radius 1 is 1.14 bits per heavy atom. The number of ether oxygens (including phenoxy) is 1. The second-order valence-corrected chi connectivity index (χ2v) is 12.7. The van der Waals surface area contributed by atoms with Crippen molar-refractivity contribution in [1.82, 2.24) is 0 Å². The molecule has 0 bridgehead atoms. The van der Waals surface area contributed by atoms with E-state index in [2.05, 4.69) is 33.9 Å². The van der Waals surface area contributed by atoms with Crippen LogP contribution < -0.4 is 0 Å². The number of methoxy groups -OCH3 is 1. The molecule has 22 heavy (non-hydrogen) atoms. The zero-order valence-electron chi connectivity index (χ0n) is 15.5. The van der Waals surface area contributed by atoms with E-state index in [1.807, 2.05) is 6.92 Å². The zero-order valence-corrected chi connectivity index (χ0v) is 16.5. The summed E-state index contributed by atoms with van der Waals surface area (Å²) in [7, 11) is -0.393. The van der Waals surface area contributed by atoms with Crippen molar-refractivity contribution in [2.45, 2.75) is 90.5 Å². The van der Waals surface area contributed by atoms with E-state index in [9.17, 15) is 4.79 Å². The summed E-state index contributed by atoms with van der Waals surface area (Å²) in [4.78, 5) is 12.0. The van der Waals surface area contributed by atoms with Crippen LogP contribution in [0, 0.1) is 0 Å². The van der Waals surface area contributed by atoms with E-state index in [-0.39, 0.29) is 17.1 Å². The first-order valence-corrected chi connectivity index (χ1v) is 11.5. The van der Waals surface area contributed by atoms with E-state index in [4.69, 9.17) is 9.16 Å². The minimum absolute atomic E-state index is 0.0836. The van der Waals surface area contributed by atoms with Gasteiger partial charge in [-0.05, 0) is 49.9 Å². The van der Waals surface area contributed by atoms with Gasteiger partial charge in [0.15, 0.2) is 8.32 Å². The third-order valence-corrected chi connectivity index (χ3v) is 9.75. The Morgan fingerprint density at radius 2 is 1.73 bits per heavy atom. The Bertz CT molecular complexity index is 419. The molecular weight excluding hydrogens is 292 g/mol. The number of carbonyl (C=O) groups excluding carboxylic acids is 1. The van der Waals surface area contributed by atoms with Gasteiger partial charge in [0.2, 0.25) is 0 Å². The summed E-state index contributed by atoms with van der Waals surface area (Å²) >= 11 is 0. The quantitative estimate of drug-likeness (QED) is 0.405. The average molecular weight is 327 g/mol. The van der Waals surface area contributed by atoms with Gasteiger partial charge in [-0.25, -0.2) is 4.79 Å². The Balaban J connectivity index is 3.10. The molecule has 1 unspecified atom stereocenters. The number of carbonyl (C=O) groups is 1. The lowest BCUT2D eigenvalue weighted by Crippen LogP contribution is -2.44. The maximum Gasteiger partial charge on any atom is 0.333 e.